The predicted octanol–water partition coefficient (Wildman–Crippen LogP) is 10.3. The smallest absolute Gasteiger partial charge is 0.0249 e. The molecule has 0 saturated carbocycles. The second-order valence-electron chi connectivity index (χ2n) is 10.5. The number of aryl methyl sites for hydroxylation is 2. The maximum absolute atomic E-state index is 3.30. The van der Waals surface area contributed by atoms with Gasteiger partial charge in [-0.25, -0.2) is 0 Å². The van der Waals surface area contributed by atoms with Crippen LogP contribution in [-0.2, 0) is 12.8 Å². The Balaban J connectivity index is 1.43. The summed E-state index contributed by atoms with van der Waals surface area (Å²) in [7, 11) is 0. The van der Waals surface area contributed by atoms with E-state index in [9.17, 15) is 0 Å². The number of benzene rings is 3. The van der Waals surface area contributed by atoms with E-state index in [1.807, 2.05) is 0 Å². The summed E-state index contributed by atoms with van der Waals surface area (Å²) >= 11 is 0. The second-order valence-corrected chi connectivity index (χ2v) is 10.5. The van der Waals surface area contributed by atoms with Gasteiger partial charge in [-0.3, -0.25) is 0 Å². The molecule has 3 aromatic carbocycles. The Hall–Kier alpha value is -3.22. The van der Waals surface area contributed by atoms with Gasteiger partial charge in [-0.05, 0) is 85.3 Å². The molecule has 0 bridgehead atoms. The van der Waals surface area contributed by atoms with Crippen LogP contribution in [0.2, 0.25) is 0 Å². The Labute approximate surface area is 233 Å². The van der Waals surface area contributed by atoms with Gasteiger partial charge in [-0.15, -0.1) is 0 Å². The third-order valence-electron chi connectivity index (χ3n) is 7.13. The first kappa shape index (κ1) is 29.3. The summed E-state index contributed by atoms with van der Waals surface area (Å²) in [5, 5.41) is 0. The average Bonchev–Trinajstić information content (AvgIpc) is 2.96. The molecule has 38 heavy (non-hydrogen) atoms. The quantitative estimate of drug-likeness (QED) is 0.152. The maximum atomic E-state index is 3.30. The topological polar surface area (TPSA) is 0 Å². The third-order valence-corrected chi connectivity index (χ3v) is 7.13. The van der Waals surface area contributed by atoms with Crippen LogP contribution in [0, 0.1) is 23.7 Å². The molecule has 3 rings (SSSR count). The number of rotatable bonds is 14. The van der Waals surface area contributed by atoms with E-state index in [0.717, 1.165) is 22.3 Å². The highest BCUT2D eigenvalue weighted by atomic mass is 14.0. The molecule has 0 aliphatic rings. The van der Waals surface area contributed by atoms with Gasteiger partial charge < -0.3 is 0 Å². The van der Waals surface area contributed by atoms with Crippen LogP contribution >= 0.6 is 0 Å². The van der Waals surface area contributed by atoms with E-state index in [0.29, 0.717) is 0 Å². The van der Waals surface area contributed by atoms with Crippen molar-refractivity contribution in [2.24, 2.45) is 0 Å². The molecular formula is C38H46. The predicted molar refractivity (Wildman–Crippen MR) is 165 cm³/mol. The van der Waals surface area contributed by atoms with E-state index in [1.165, 1.54) is 101 Å². The van der Waals surface area contributed by atoms with Gasteiger partial charge in [0.15, 0.2) is 0 Å². The molecule has 0 spiro atoms. The lowest BCUT2D eigenvalue weighted by molar-refractivity contribution is 0.607. The van der Waals surface area contributed by atoms with Crippen molar-refractivity contribution in [2.75, 3.05) is 0 Å². The lowest BCUT2D eigenvalue weighted by atomic mass is 10.0. The molecule has 0 radical (unpaired) electrons. The molecule has 0 aliphatic heterocycles. The van der Waals surface area contributed by atoms with E-state index in [-0.39, 0.29) is 0 Å². The highest BCUT2D eigenvalue weighted by Crippen LogP contribution is 2.13. The SMILES string of the molecule is CCCCCCCCc1ccc(C#Cc2ccc(C#Cc3ccc(CCCCCCCC)cc3)cc2)cc1. The maximum Gasteiger partial charge on any atom is 0.0249 e. The zero-order chi connectivity index (χ0) is 26.7. The fraction of sp³-hybridized carbons (Fsp3) is 0.421. The summed E-state index contributed by atoms with van der Waals surface area (Å²) in [4.78, 5) is 0. The van der Waals surface area contributed by atoms with Crippen LogP contribution in [0.25, 0.3) is 0 Å². The fourth-order valence-electron chi connectivity index (χ4n) is 4.65. The van der Waals surface area contributed by atoms with Crippen molar-refractivity contribution < 1.29 is 0 Å². The number of hydrogen-bond acceptors (Lipinski definition) is 0. The molecule has 198 valence electrons. The largest absolute Gasteiger partial charge is 0.0654 e. The highest BCUT2D eigenvalue weighted by molar-refractivity contribution is 5.48. The normalized spacial score (nSPS) is 10.4. The minimum Gasteiger partial charge on any atom is -0.0654 e. The summed E-state index contributed by atoms with van der Waals surface area (Å²) in [5.74, 6) is 13.2. The molecule has 0 amide bonds. The van der Waals surface area contributed by atoms with E-state index in [4.69, 9.17) is 0 Å². The van der Waals surface area contributed by atoms with Crippen molar-refractivity contribution in [3.05, 3.63) is 106 Å². The average molecular weight is 503 g/mol. The molecular weight excluding hydrogens is 456 g/mol. The first-order chi connectivity index (χ1) is 18.8. The first-order valence-corrected chi connectivity index (χ1v) is 15.1. The second kappa shape index (κ2) is 18.1. The van der Waals surface area contributed by atoms with Gasteiger partial charge in [0.1, 0.15) is 0 Å². The molecule has 3 aromatic rings. The van der Waals surface area contributed by atoms with Crippen LogP contribution in [0.3, 0.4) is 0 Å². The van der Waals surface area contributed by atoms with Gasteiger partial charge in [0.2, 0.25) is 0 Å². The van der Waals surface area contributed by atoms with E-state index >= 15 is 0 Å². The summed E-state index contributed by atoms with van der Waals surface area (Å²) in [5.41, 5.74) is 7.01. The van der Waals surface area contributed by atoms with Gasteiger partial charge >= 0.3 is 0 Å². The Morgan fingerprint density at radius 3 is 0.921 bits per heavy atom. The zero-order valence-corrected chi connectivity index (χ0v) is 23.8. The Morgan fingerprint density at radius 1 is 0.342 bits per heavy atom. The van der Waals surface area contributed by atoms with E-state index in [2.05, 4.69) is 110 Å². The summed E-state index contributed by atoms with van der Waals surface area (Å²) in [6.07, 6.45) is 18.5. The first-order valence-electron chi connectivity index (χ1n) is 15.1. The Bertz CT molecular complexity index is 1060. The van der Waals surface area contributed by atoms with Crippen molar-refractivity contribution in [1.29, 1.82) is 0 Å². The Kier molecular flexibility index (Phi) is 14.0. The standard InChI is InChI=1S/C38H46/c1-3-5-7-9-11-13-15-33-17-21-35(22-18-33)25-27-37-29-31-38(32-30-37)28-26-36-23-19-34(20-24-36)16-14-12-10-8-6-4-2/h17-24,29-32H,3-16H2,1-2H3. The monoisotopic (exact) mass is 502 g/mol. The molecule has 0 heterocycles. The molecule has 0 unspecified atom stereocenters. The van der Waals surface area contributed by atoms with Crippen LogP contribution in [0.1, 0.15) is 124 Å². The van der Waals surface area contributed by atoms with Crippen molar-refractivity contribution in [3.63, 3.8) is 0 Å². The van der Waals surface area contributed by atoms with Gasteiger partial charge in [-0.1, -0.05) is 126 Å². The van der Waals surface area contributed by atoms with Gasteiger partial charge in [0, 0.05) is 22.3 Å². The molecule has 0 aromatic heterocycles. The molecule has 0 fully saturated rings. The fourth-order valence-corrected chi connectivity index (χ4v) is 4.65. The summed E-state index contributed by atoms with van der Waals surface area (Å²) in [6, 6.07) is 25.8. The van der Waals surface area contributed by atoms with Crippen molar-refractivity contribution in [3.8, 4) is 23.7 Å². The van der Waals surface area contributed by atoms with Crippen molar-refractivity contribution in [2.45, 2.75) is 104 Å². The lowest BCUT2D eigenvalue weighted by Gasteiger charge is -2.02. The minimum atomic E-state index is 1.02. The molecule has 0 nitrogen and oxygen atoms in total. The molecule has 0 heteroatoms. The van der Waals surface area contributed by atoms with Crippen molar-refractivity contribution >= 4 is 0 Å². The van der Waals surface area contributed by atoms with Crippen LogP contribution in [0.15, 0.2) is 72.8 Å². The van der Waals surface area contributed by atoms with Gasteiger partial charge in [-0.2, -0.15) is 0 Å². The lowest BCUT2D eigenvalue weighted by Crippen LogP contribution is -1.87. The molecule has 0 atom stereocenters. The summed E-state index contributed by atoms with van der Waals surface area (Å²) < 4.78 is 0. The molecule has 0 aliphatic carbocycles. The van der Waals surface area contributed by atoms with Crippen LogP contribution < -0.4 is 0 Å². The van der Waals surface area contributed by atoms with Crippen LogP contribution in [0.4, 0.5) is 0 Å². The molecule has 0 N–H and O–H groups in total. The van der Waals surface area contributed by atoms with Crippen LogP contribution in [-0.4, -0.2) is 0 Å². The van der Waals surface area contributed by atoms with E-state index < -0.39 is 0 Å². The van der Waals surface area contributed by atoms with Crippen molar-refractivity contribution in [1.82, 2.24) is 0 Å². The van der Waals surface area contributed by atoms with E-state index in [1.54, 1.807) is 0 Å². The van der Waals surface area contributed by atoms with Crippen LogP contribution in [0.5, 0.6) is 0 Å². The highest BCUT2D eigenvalue weighted by Gasteiger charge is 1.97. The third kappa shape index (κ3) is 11.9. The number of hydrogen-bond donors (Lipinski definition) is 0. The van der Waals surface area contributed by atoms with Gasteiger partial charge in [0.05, 0.1) is 0 Å². The summed E-state index contributed by atoms with van der Waals surface area (Å²) in [6.45, 7) is 4.54. The Morgan fingerprint density at radius 2 is 0.605 bits per heavy atom. The minimum absolute atomic E-state index is 1.02. The van der Waals surface area contributed by atoms with Gasteiger partial charge in [0.25, 0.3) is 0 Å². The number of unbranched alkanes of at least 4 members (excludes halogenated alkanes) is 10. The zero-order valence-electron chi connectivity index (χ0n) is 23.8. The molecule has 0 saturated heterocycles.